The zero-order valence-corrected chi connectivity index (χ0v) is 14.2. The molecule has 8 heteroatoms. The number of aliphatic hydroxyl groups is 5. The van der Waals surface area contributed by atoms with E-state index in [0.29, 0.717) is 0 Å². The lowest BCUT2D eigenvalue weighted by Gasteiger charge is -2.25. The van der Waals surface area contributed by atoms with Crippen LogP contribution in [0.25, 0.3) is 0 Å². The summed E-state index contributed by atoms with van der Waals surface area (Å²) in [7, 11) is 1.57. The molecule has 0 saturated heterocycles. The maximum Gasteiger partial charge on any atom is 0.306 e. The summed E-state index contributed by atoms with van der Waals surface area (Å²) in [6.07, 6.45) is -2.06. The summed E-state index contributed by atoms with van der Waals surface area (Å²) in [6, 6.07) is 0. The Bertz CT molecular complexity index is 285. The van der Waals surface area contributed by atoms with Gasteiger partial charge in [-0.3, -0.25) is 4.79 Å². The molecule has 0 amide bonds. The molecule has 0 saturated carbocycles. The molecular formula is C15H33NO7. The average molecular weight is 339 g/mol. The zero-order chi connectivity index (χ0) is 18.4. The molecule has 0 spiro atoms. The molecule has 8 nitrogen and oxygen atoms in total. The molecule has 0 aliphatic heterocycles. The first kappa shape index (κ1) is 24.5. The molecule has 0 aliphatic carbocycles. The Balaban J connectivity index is 0. The van der Waals surface area contributed by atoms with Crippen molar-refractivity contribution in [3.63, 3.8) is 0 Å². The fourth-order valence-electron chi connectivity index (χ4n) is 1.98. The smallest absolute Gasteiger partial charge is 0.306 e. The van der Waals surface area contributed by atoms with Crippen molar-refractivity contribution in [3.8, 4) is 0 Å². The van der Waals surface area contributed by atoms with Crippen molar-refractivity contribution in [2.24, 2.45) is 5.92 Å². The third-order valence-corrected chi connectivity index (χ3v) is 3.36. The third kappa shape index (κ3) is 11.4. The number of carbonyl (C=O) groups is 1. The van der Waals surface area contributed by atoms with Crippen molar-refractivity contribution < 1.29 is 35.4 Å². The van der Waals surface area contributed by atoms with Crippen LogP contribution in [-0.2, 0) is 4.79 Å². The quantitative estimate of drug-likeness (QED) is 0.251. The first-order valence-electron chi connectivity index (χ1n) is 7.97. The van der Waals surface area contributed by atoms with Crippen LogP contribution in [0.2, 0.25) is 0 Å². The predicted octanol–water partition coefficient (Wildman–Crippen LogP) is -1.07. The molecule has 0 unspecified atom stereocenters. The number of hydrogen-bond acceptors (Lipinski definition) is 7. The molecule has 0 radical (unpaired) electrons. The number of carboxylic acid groups (broad SMARTS) is 1. The lowest BCUT2D eigenvalue weighted by atomic mass is 9.99. The first-order chi connectivity index (χ1) is 10.8. The summed E-state index contributed by atoms with van der Waals surface area (Å²) in [5.74, 6) is -0.737. The summed E-state index contributed by atoms with van der Waals surface area (Å²) in [5.41, 5.74) is 0. The van der Waals surface area contributed by atoms with Crippen molar-refractivity contribution in [2.45, 2.75) is 63.9 Å². The van der Waals surface area contributed by atoms with E-state index in [9.17, 15) is 9.90 Å². The third-order valence-electron chi connectivity index (χ3n) is 3.36. The van der Waals surface area contributed by atoms with Crippen molar-refractivity contribution in [2.75, 3.05) is 20.2 Å². The summed E-state index contributed by atoms with van der Waals surface area (Å²) in [6.45, 7) is 3.47. The minimum atomic E-state index is -1.55. The molecule has 7 N–H and O–H groups in total. The topological polar surface area (TPSA) is 150 Å². The molecule has 23 heavy (non-hydrogen) atoms. The minimum absolute atomic E-state index is 0.0936. The van der Waals surface area contributed by atoms with Gasteiger partial charge in [-0.05, 0) is 19.9 Å². The van der Waals surface area contributed by atoms with Gasteiger partial charge in [0.15, 0.2) is 0 Å². The van der Waals surface area contributed by atoms with Gasteiger partial charge in [-0.25, -0.2) is 0 Å². The average Bonchev–Trinajstić information content (AvgIpc) is 2.53. The highest BCUT2D eigenvalue weighted by molar-refractivity contribution is 5.69. The van der Waals surface area contributed by atoms with Crippen LogP contribution in [0.15, 0.2) is 0 Å². The number of nitrogens with one attached hydrogen (secondary N) is 1. The van der Waals surface area contributed by atoms with Crippen molar-refractivity contribution >= 4 is 5.97 Å². The number of rotatable bonds is 11. The SMILES string of the molecule is CCCC(CCC)C(=O)O.CNC[C@H](O)[C@@H](O)[C@H](O)[C@H](O)CO. The van der Waals surface area contributed by atoms with E-state index in [1.54, 1.807) is 7.05 Å². The van der Waals surface area contributed by atoms with Gasteiger partial charge in [0.05, 0.1) is 18.6 Å². The maximum absolute atomic E-state index is 10.5. The molecule has 0 bridgehead atoms. The summed E-state index contributed by atoms with van der Waals surface area (Å²) < 4.78 is 0. The van der Waals surface area contributed by atoms with Gasteiger partial charge in [-0.1, -0.05) is 26.7 Å². The molecule has 0 heterocycles. The zero-order valence-electron chi connectivity index (χ0n) is 14.2. The van der Waals surface area contributed by atoms with Crippen LogP contribution in [0.5, 0.6) is 0 Å². The molecule has 4 atom stereocenters. The number of likely N-dealkylation sites (N-methyl/N-ethyl adjacent to an activating group) is 1. The van der Waals surface area contributed by atoms with E-state index in [-0.39, 0.29) is 12.5 Å². The van der Waals surface area contributed by atoms with Gasteiger partial charge in [0, 0.05) is 6.54 Å². The van der Waals surface area contributed by atoms with Gasteiger partial charge < -0.3 is 36.0 Å². The molecule has 0 fully saturated rings. The molecule has 0 aromatic rings. The van der Waals surface area contributed by atoms with Crippen LogP contribution < -0.4 is 5.32 Å². The van der Waals surface area contributed by atoms with E-state index in [2.05, 4.69) is 5.32 Å². The fourth-order valence-corrected chi connectivity index (χ4v) is 1.98. The van der Waals surface area contributed by atoms with Gasteiger partial charge >= 0.3 is 5.97 Å². The monoisotopic (exact) mass is 339 g/mol. The Labute approximate surface area is 137 Å². The number of carboxylic acids is 1. The fraction of sp³-hybridized carbons (Fsp3) is 0.933. The van der Waals surface area contributed by atoms with Crippen LogP contribution in [-0.4, -0.2) is 81.2 Å². The van der Waals surface area contributed by atoms with Gasteiger partial charge in [0.2, 0.25) is 0 Å². The molecule has 0 rings (SSSR count). The first-order valence-corrected chi connectivity index (χ1v) is 7.97. The van der Waals surface area contributed by atoms with Crippen LogP contribution in [0.3, 0.4) is 0 Å². The number of aliphatic carboxylic acids is 1. The second-order valence-electron chi connectivity index (χ2n) is 5.47. The minimum Gasteiger partial charge on any atom is -0.481 e. The van der Waals surface area contributed by atoms with Crippen LogP contribution in [0.1, 0.15) is 39.5 Å². The second-order valence-corrected chi connectivity index (χ2v) is 5.47. The van der Waals surface area contributed by atoms with Gasteiger partial charge in [0.1, 0.15) is 18.3 Å². The van der Waals surface area contributed by atoms with Gasteiger partial charge in [-0.2, -0.15) is 0 Å². The Morgan fingerprint density at radius 1 is 0.957 bits per heavy atom. The highest BCUT2D eigenvalue weighted by Crippen LogP contribution is 2.12. The second kappa shape index (κ2) is 14.8. The maximum atomic E-state index is 10.5. The van der Waals surface area contributed by atoms with Crippen LogP contribution in [0, 0.1) is 5.92 Å². The Kier molecular flexibility index (Phi) is 15.8. The van der Waals surface area contributed by atoms with Gasteiger partial charge in [0.25, 0.3) is 0 Å². The standard InChI is InChI=1S/C8H16O2.C7H17NO5/c1-3-5-7(6-4-2)8(9)10;1-8-2-4(10)6(12)7(13)5(11)3-9/h7H,3-6H2,1-2H3,(H,9,10);4-13H,2-3H2,1H3/t;4-,5+,6+,7+/m.0/s1. The molecule has 0 aromatic carbocycles. The van der Waals surface area contributed by atoms with E-state index in [1.807, 2.05) is 13.8 Å². The van der Waals surface area contributed by atoms with E-state index in [4.69, 9.17) is 25.5 Å². The molecule has 0 aliphatic rings. The number of hydrogen-bond donors (Lipinski definition) is 7. The van der Waals surface area contributed by atoms with Gasteiger partial charge in [-0.15, -0.1) is 0 Å². The van der Waals surface area contributed by atoms with E-state index >= 15 is 0 Å². The van der Waals surface area contributed by atoms with E-state index < -0.39 is 37.0 Å². The summed E-state index contributed by atoms with van der Waals surface area (Å²) in [5, 5.41) is 56.1. The molecular weight excluding hydrogens is 306 g/mol. The normalized spacial score (nSPS) is 16.2. The van der Waals surface area contributed by atoms with E-state index in [0.717, 1.165) is 25.7 Å². The lowest BCUT2D eigenvalue weighted by Crippen LogP contribution is -2.48. The van der Waals surface area contributed by atoms with E-state index in [1.165, 1.54) is 0 Å². The van der Waals surface area contributed by atoms with Crippen LogP contribution >= 0.6 is 0 Å². The van der Waals surface area contributed by atoms with Crippen molar-refractivity contribution in [1.29, 1.82) is 0 Å². The molecule has 0 aromatic heterocycles. The highest BCUT2D eigenvalue weighted by atomic mass is 16.4. The van der Waals surface area contributed by atoms with Crippen LogP contribution in [0.4, 0.5) is 0 Å². The predicted molar refractivity (Wildman–Crippen MR) is 86.0 cm³/mol. The molecule has 140 valence electrons. The summed E-state index contributed by atoms with van der Waals surface area (Å²) >= 11 is 0. The largest absolute Gasteiger partial charge is 0.481 e. The lowest BCUT2D eigenvalue weighted by molar-refractivity contribution is -0.142. The highest BCUT2D eigenvalue weighted by Gasteiger charge is 2.29. The Hall–Kier alpha value is -0.770. The number of aliphatic hydroxyl groups excluding tert-OH is 5. The Morgan fingerprint density at radius 3 is 1.70 bits per heavy atom. The Morgan fingerprint density at radius 2 is 1.39 bits per heavy atom. The van der Waals surface area contributed by atoms with Crippen molar-refractivity contribution in [3.05, 3.63) is 0 Å². The summed E-state index contributed by atoms with van der Waals surface area (Å²) in [4.78, 5) is 10.5. The van der Waals surface area contributed by atoms with Crippen molar-refractivity contribution in [1.82, 2.24) is 5.32 Å².